The fourth-order valence-electron chi connectivity index (χ4n) is 1.34. The van der Waals surface area contributed by atoms with Gasteiger partial charge in [-0.25, -0.2) is 0 Å². The minimum atomic E-state index is 0. The molecular formula is C11H15ClN2OS. The Morgan fingerprint density at radius 3 is 2.69 bits per heavy atom. The van der Waals surface area contributed by atoms with E-state index in [9.17, 15) is 0 Å². The number of hydrogen-bond donors (Lipinski definition) is 1. The second-order valence-electron chi connectivity index (χ2n) is 3.12. The number of benzene rings is 1. The lowest BCUT2D eigenvalue weighted by Gasteiger charge is -2.06. The van der Waals surface area contributed by atoms with Crippen molar-refractivity contribution >= 4 is 35.0 Å². The third-order valence-corrected chi connectivity index (χ3v) is 2.89. The molecule has 1 aliphatic rings. The highest BCUT2D eigenvalue weighted by atomic mass is 35.5. The predicted octanol–water partition coefficient (Wildman–Crippen LogP) is 3.02. The van der Waals surface area contributed by atoms with Gasteiger partial charge in [-0.15, -0.1) is 12.4 Å². The lowest BCUT2D eigenvalue weighted by Crippen LogP contribution is -2.04. The van der Waals surface area contributed by atoms with Crippen LogP contribution in [0.4, 0.5) is 5.69 Å². The lowest BCUT2D eigenvalue weighted by atomic mass is 10.3. The van der Waals surface area contributed by atoms with Crippen LogP contribution < -0.4 is 10.1 Å². The first-order valence-electron chi connectivity index (χ1n) is 5.05. The summed E-state index contributed by atoms with van der Waals surface area (Å²) in [6.07, 6.45) is 0. The Morgan fingerprint density at radius 1 is 1.38 bits per heavy atom. The number of hydrogen-bond acceptors (Lipinski definition) is 4. The first-order chi connectivity index (χ1) is 7.38. The molecule has 0 fully saturated rings. The van der Waals surface area contributed by atoms with Gasteiger partial charge in [-0.1, -0.05) is 11.8 Å². The number of halogens is 1. The fourth-order valence-corrected chi connectivity index (χ4v) is 2.08. The maximum absolute atomic E-state index is 5.37. The van der Waals surface area contributed by atoms with E-state index in [2.05, 4.69) is 10.3 Å². The lowest BCUT2D eigenvalue weighted by molar-refractivity contribution is 0.340. The van der Waals surface area contributed by atoms with Crippen molar-refractivity contribution in [1.29, 1.82) is 0 Å². The highest BCUT2D eigenvalue weighted by Gasteiger charge is 2.06. The molecule has 0 spiro atoms. The van der Waals surface area contributed by atoms with E-state index in [0.29, 0.717) is 6.61 Å². The molecule has 1 aromatic rings. The van der Waals surface area contributed by atoms with E-state index in [-0.39, 0.29) is 12.4 Å². The number of amidine groups is 1. The third kappa shape index (κ3) is 3.61. The number of thioether (sulfide) groups is 1. The van der Waals surface area contributed by atoms with Crippen LogP contribution in [0.2, 0.25) is 0 Å². The van der Waals surface area contributed by atoms with Crippen LogP contribution in [0, 0.1) is 0 Å². The maximum Gasteiger partial charge on any atom is 0.161 e. The van der Waals surface area contributed by atoms with Crippen LogP contribution in [-0.4, -0.2) is 24.1 Å². The number of ether oxygens (including phenoxy) is 1. The molecule has 0 bridgehead atoms. The van der Waals surface area contributed by atoms with Crippen molar-refractivity contribution in [3.05, 3.63) is 24.3 Å². The molecule has 2 rings (SSSR count). The molecule has 0 saturated carbocycles. The van der Waals surface area contributed by atoms with Gasteiger partial charge in [0.05, 0.1) is 13.2 Å². The molecule has 5 heteroatoms. The second kappa shape index (κ2) is 6.66. The topological polar surface area (TPSA) is 33.6 Å². The first kappa shape index (κ1) is 13.2. The molecule has 0 unspecified atom stereocenters. The van der Waals surface area contributed by atoms with Gasteiger partial charge < -0.3 is 10.1 Å². The molecule has 0 amide bonds. The average molecular weight is 259 g/mol. The van der Waals surface area contributed by atoms with E-state index in [1.165, 1.54) is 0 Å². The summed E-state index contributed by atoms with van der Waals surface area (Å²) in [6.45, 7) is 3.61. The molecule has 88 valence electrons. The highest BCUT2D eigenvalue weighted by Crippen LogP contribution is 2.19. The van der Waals surface area contributed by atoms with E-state index < -0.39 is 0 Å². The first-order valence-corrected chi connectivity index (χ1v) is 6.04. The van der Waals surface area contributed by atoms with Gasteiger partial charge in [-0.05, 0) is 31.2 Å². The zero-order valence-corrected chi connectivity index (χ0v) is 10.7. The normalized spacial score (nSPS) is 13.9. The Balaban J connectivity index is 0.00000128. The van der Waals surface area contributed by atoms with Crippen LogP contribution in [0.25, 0.3) is 0 Å². The van der Waals surface area contributed by atoms with Crippen LogP contribution in [0.1, 0.15) is 6.92 Å². The number of anilines is 1. The van der Waals surface area contributed by atoms with Gasteiger partial charge in [0.25, 0.3) is 0 Å². The number of rotatable bonds is 3. The van der Waals surface area contributed by atoms with E-state index in [4.69, 9.17) is 4.74 Å². The minimum absolute atomic E-state index is 0. The molecule has 3 nitrogen and oxygen atoms in total. The molecular weight excluding hydrogens is 244 g/mol. The van der Waals surface area contributed by atoms with Gasteiger partial charge >= 0.3 is 0 Å². The zero-order valence-electron chi connectivity index (χ0n) is 9.10. The molecule has 0 saturated heterocycles. The largest absolute Gasteiger partial charge is 0.494 e. The minimum Gasteiger partial charge on any atom is -0.494 e. The zero-order chi connectivity index (χ0) is 10.5. The van der Waals surface area contributed by atoms with Crippen LogP contribution in [0.5, 0.6) is 5.75 Å². The van der Waals surface area contributed by atoms with Crippen molar-refractivity contribution in [2.75, 3.05) is 24.2 Å². The summed E-state index contributed by atoms with van der Waals surface area (Å²) in [6, 6.07) is 7.94. The Morgan fingerprint density at radius 2 is 2.12 bits per heavy atom. The highest BCUT2D eigenvalue weighted by molar-refractivity contribution is 8.14. The van der Waals surface area contributed by atoms with Crippen LogP contribution in [-0.2, 0) is 0 Å². The standard InChI is InChI=1S/C11H14N2OS.ClH/c1-2-14-10-5-3-9(4-6-10)13-11-12-7-8-15-11;/h3-6H,2,7-8H2,1H3,(H,12,13);1H. The Labute approximate surface area is 106 Å². The SMILES string of the molecule is CCOc1ccc(NC2=NCCS2)cc1.Cl. The Hall–Kier alpha value is -0.870. The summed E-state index contributed by atoms with van der Waals surface area (Å²) in [4.78, 5) is 4.33. The van der Waals surface area contributed by atoms with Crippen molar-refractivity contribution < 1.29 is 4.74 Å². The summed E-state index contributed by atoms with van der Waals surface area (Å²) in [7, 11) is 0. The van der Waals surface area contributed by atoms with E-state index in [1.807, 2.05) is 31.2 Å². The molecule has 0 aromatic heterocycles. The van der Waals surface area contributed by atoms with Gasteiger partial charge in [0.15, 0.2) is 5.17 Å². The van der Waals surface area contributed by atoms with Gasteiger partial charge in [0.2, 0.25) is 0 Å². The third-order valence-electron chi connectivity index (χ3n) is 2.00. The molecule has 1 N–H and O–H groups in total. The second-order valence-corrected chi connectivity index (χ2v) is 4.20. The predicted molar refractivity (Wildman–Crippen MR) is 73.2 cm³/mol. The monoisotopic (exact) mass is 258 g/mol. The molecule has 0 radical (unpaired) electrons. The van der Waals surface area contributed by atoms with Gasteiger partial charge in [-0.3, -0.25) is 4.99 Å². The van der Waals surface area contributed by atoms with Crippen molar-refractivity contribution in [3.63, 3.8) is 0 Å². The fraction of sp³-hybridized carbons (Fsp3) is 0.364. The Bertz CT molecular complexity index is 354. The quantitative estimate of drug-likeness (QED) is 0.905. The smallest absolute Gasteiger partial charge is 0.161 e. The molecule has 1 aromatic carbocycles. The maximum atomic E-state index is 5.37. The molecule has 0 aliphatic carbocycles. The van der Waals surface area contributed by atoms with Crippen molar-refractivity contribution in [2.24, 2.45) is 4.99 Å². The van der Waals surface area contributed by atoms with E-state index in [0.717, 1.165) is 28.9 Å². The summed E-state index contributed by atoms with van der Waals surface area (Å²) in [5.41, 5.74) is 1.06. The van der Waals surface area contributed by atoms with Crippen LogP contribution in [0.15, 0.2) is 29.3 Å². The summed E-state index contributed by atoms with van der Waals surface area (Å²) >= 11 is 1.76. The number of aliphatic imine (C=N–C) groups is 1. The molecule has 0 atom stereocenters. The van der Waals surface area contributed by atoms with Gasteiger partial charge in [0.1, 0.15) is 5.75 Å². The molecule has 16 heavy (non-hydrogen) atoms. The summed E-state index contributed by atoms with van der Waals surface area (Å²) in [5, 5.41) is 4.28. The summed E-state index contributed by atoms with van der Waals surface area (Å²) in [5.74, 6) is 1.99. The van der Waals surface area contributed by atoms with Crippen molar-refractivity contribution in [1.82, 2.24) is 0 Å². The van der Waals surface area contributed by atoms with Crippen molar-refractivity contribution in [2.45, 2.75) is 6.92 Å². The average Bonchev–Trinajstić information content (AvgIpc) is 2.74. The van der Waals surface area contributed by atoms with E-state index in [1.54, 1.807) is 11.8 Å². The molecule has 1 aliphatic heterocycles. The summed E-state index contributed by atoms with van der Waals surface area (Å²) < 4.78 is 5.37. The van der Waals surface area contributed by atoms with Gasteiger partial charge in [-0.2, -0.15) is 0 Å². The molecule has 1 heterocycles. The van der Waals surface area contributed by atoms with E-state index >= 15 is 0 Å². The van der Waals surface area contributed by atoms with Crippen LogP contribution >= 0.6 is 24.2 Å². The van der Waals surface area contributed by atoms with Crippen LogP contribution in [0.3, 0.4) is 0 Å². The Kier molecular flexibility index (Phi) is 5.49. The van der Waals surface area contributed by atoms with Crippen molar-refractivity contribution in [3.8, 4) is 5.75 Å². The number of nitrogens with one attached hydrogen (secondary N) is 1. The van der Waals surface area contributed by atoms with Gasteiger partial charge in [0, 0.05) is 11.4 Å². The number of nitrogens with zero attached hydrogens (tertiary/aromatic N) is 1.